The molecule has 7 N–H and O–H groups in total. The number of hydrogen-bond donors (Lipinski definition) is 5. The van der Waals surface area contributed by atoms with Gasteiger partial charge in [0.2, 0.25) is 17.7 Å². The highest BCUT2D eigenvalue weighted by Crippen LogP contribution is 2.20. The Morgan fingerprint density at radius 1 is 1.06 bits per heavy atom. The van der Waals surface area contributed by atoms with Crippen LogP contribution >= 0.6 is 0 Å². The van der Waals surface area contributed by atoms with Crippen LogP contribution in [-0.2, 0) is 19.2 Å². The lowest BCUT2D eigenvalue weighted by molar-refractivity contribution is -0.149. The Morgan fingerprint density at radius 2 is 1.72 bits per heavy atom. The van der Waals surface area contributed by atoms with Gasteiger partial charge < -0.3 is 32.1 Å². The van der Waals surface area contributed by atoms with E-state index in [-0.39, 0.29) is 11.8 Å². The number of likely N-dealkylation sites (tertiary alicyclic amines) is 1. The maximum atomic E-state index is 13.1. The van der Waals surface area contributed by atoms with E-state index in [4.69, 9.17) is 11.5 Å². The molecular formula is C22H41N5O5. The van der Waals surface area contributed by atoms with Crippen LogP contribution in [0.5, 0.6) is 0 Å². The van der Waals surface area contributed by atoms with E-state index < -0.39 is 47.9 Å². The van der Waals surface area contributed by atoms with E-state index in [2.05, 4.69) is 10.6 Å². The summed E-state index contributed by atoms with van der Waals surface area (Å²) in [5, 5.41) is 14.9. The molecule has 0 aromatic rings. The van der Waals surface area contributed by atoms with Crippen molar-refractivity contribution in [3.8, 4) is 0 Å². The van der Waals surface area contributed by atoms with Crippen molar-refractivity contribution in [1.82, 2.24) is 15.5 Å². The number of nitrogens with two attached hydrogens (primary N) is 2. The van der Waals surface area contributed by atoms with E-state index in [0.717, 1.165) is 0 Å². The predicted octanol–water partition coefficient (Wildman–Crippen LogP) is 0.190. The second kappa shape index (κ2) is 13.4. The molecule has 0 radical (unpaired) electrons. The zero-order valence-electron chi connectivity index (χ0n) is 19.8. The summed E-state index contributed by atoms with van der Waals surface area (Å²) >= 11 is 0. The molecule has 3 amide bonds. The molecule has 1 heterocycles. The number of nitrogens with one attached hydrogen (secondary N) is 2. The van der Waals surface area contributed by atoms with Gasteiger partial charge in [0.1, 0.15) is 18.1 Å². The molecule has 1 aliphatic heterocycles. The van der Waals surface area contributed by atoms with E-state index in [1.54, 1.807) is 13.8 Å². The molecule has 0 aliphatic carbocycles. The molecule has 32 heavy (non-hydrogen) atoms. The van der Waals surface area contributed by atoms with Crippen LogP contribution < -0.4 is 22.1 Å². The first-order valence-electron chi connectivity index (χ1n) is 11.6. The number of unbranched alkanes of at least 4 members (excludes halogenated alkanes) is 1. The SMILES string of the molecule is CC(C)CC(N)C(=O)NC(C(=O)NC(CCCCN)C(=O)N1CCCC1C(=O)O)C(C)C. The number of carbonyl (C=O) groups is 4. The summed E-state index contributed by atoms with van der Waals surface area (Å²) in [6, 6.07) is -3.35. The van der Waals surface area contributed by atoms with E-state index in [1.165, 1.54) is 4.90 Å². The second-order valence-electron chi connectivity index (χ2n) is 9.34. The minimum absolute atomic E-state index is 0.231. The molecular weight excluding hydrogens is 414 g/mol. The predicted molar refractivity (Wildman–Crippen MR) is 121 cm³/mol. The molecule has 4 unspecified atom stereocenters. The first-order valence-corrected chi connectivity index (χ1v) is 11.6. The molecule has 0 aromatic carbocycles. The fourth-order valence-electron chi connectivity index (χ4n) is 3.91. The molecule has 0 saturated carbocycles. The summed E-state index contributed by atoms with van der Waals surface area (Å²) in [6.45, 7) is 8.30. The highest BCUT2D eigenvalue weighted by atomic mass is 16.4. The van der Waals surface area contributed by atoms with Crippen LogP contribution in [0.25, 0.3) is 0 Å². The molecule has 10 nitrogen and oxygen atoms in total. The molecule has 0 spiro atoms. The first-order chi connectivity index (χ1) is 15.0. The Hall–Kier alpha value is -2.20. The minimum Gasteiger partial charge on any atom is -0.480 e. The highest BCUT2D eigenvalue weighted by molar-refractivity contribution is 5.94. The second-order valence-corrected chi connectivity index (χ2v) is 9.34. The van der Waals surface area contributed by atoms with E-state index in [9.17, 15) is 24.3 Å². The number of nitrogens with zero attached hydrogens (tertiary/aromatic N) is 1. The Labute approximate surface area is 190 Å². The Balaban J connectivity index is 2.94. The lowest BCUT2D eigenvalue weighted by atomic mass is 9.99. The van der Waals surface area contributed by atoms with Gasteiger partial charge in [-0.25, -0.2) is 4.79 Å². The standard InChI is InChI=1S/C22H41N5O5/c1-13(2)12-15(24)19(28)26-18(14(3)4)20(29)25-16(8-5-6-10-23)21(30)27-11-7-9-17(27)22(31)32/h13-18H,5-12,23-24H2,1-4H3,(H,25,29)(H,26,28)(H,31,32). The number of amides is 3. The summed E-state index contributed by atoms with van der Waals surface area (Å²) in [5.74, 6) is -2.36. The van der Waals surface area contributed by atoms with Gasteiger partial charge in [-0.3, -0.25) is 14.4 Å². The topological polar surface area (TPSA) is 168 Å². The van der Waals surface area contributed by atoms with Crippen LogP contribution in [0, 0.1) is 11.8 Å². The molecule has 0 bridgehead atoms. The van der Waals surface area contributed by atoms with Gasteiger partial charge in [-0.05, 0) is 56.9 Å². The fraction of sp³-hybridized carbons (Fsp3) is 0.818. The van der Waals surface area contributed by atoms with Crippen molar-refractivity contribution in [2.45, 2.75) is 90.4 Å². The quantitative estimate of drug-likeness (QED) is 0.247. The maximum Gasteiger partial charge on any atom is 0.326 e. The third-order valence-electron chi connectivity index (χ3n) is 5.69. The van der Waals surface area contributed by atoms with Crippen LogP contribution in [0.3, 0.4) is 0 Å². The van der Waals surface area contributed by atoms with Crippen LogP contribution in [0.4, 0.5) is 0 Å². The number of rotatable bonds is 13. The van der Waals surface area contributed by atoms with Crippen molar-refractivity contribution < 1.29 is 24.3 Å². The normalized spacial score (nSPS) is 19.0. The highest BCUT2D eigenvalue weighted by Gasteiger charge is 2.38. The molecule has 1 aliphatic rings. The average Bonchev–Trinajstić information content (AvgIpc) is 3.20. The van der Waals surface area contributed by atoms with Gasteiger partial charge in [0.05, 0.1) is 6.04 Å². The Kier molecular flexibility index (Phi) is 11.6. The van der Waals surface area contributed by atoms with Crippen LogP contribution in [0.1, 0.15) is 66.2 Å². The van der Waals surface area contributed by atoms with Crippen LogP contribution in [-0.4, -0.2) is 71.0 Å². The third kappa shape index (κ3) is 8.38. The van der Waals surface area contributed by atoms with Gasteiger partial charge in [0.25, 0.3) is 0 Å². The van der Waals surface area contributed by atoms with Crippen molar-refractivity contribution in [2.75, 3.05) is 13.1 Å². The number of carboxylic acids is 1. The zero-order valence-corrected chi connectivity index (χ0v) is 19.8. The van der Waals surface area contributed by atoms with Gasteiger partial charge in [0, 0.05) is 6.54 Å². The smallest absolute Gasteiger partial charge is 0.326 e. The zero-order chi connectivity index (χ0) is 24.4. The van der Waals surface area contributed by atoms with Gasteiger partial charge in [0.15, 0.2) is 0 Å². The molecule has 184 valence electrons. The molecule has 10 heteroatoms. The summed E-state index contributed by atoms with van der Waals surface area (Å²) in [5.41, 5.74) is 11.5. The van der Waals surface area contributed by atoms with Gasteiger partial charge in [-0.1, -0.05) is 27.7 Å². The monoisotopic (exact) mass is 455 g/mol. The summed E-state index contributed by atoms with van der Waals surface area (Å²) < 4.78 is 0. The van der Waals surface area contributed by atoms with Crippen molar-refractivity contribution in [3.63, 3.8) is 0 Å². The molecule has 1 saturated heterocycles. The van der Waals surface area contributed by atoms with Gasteiger partial charge in [-0.2, -0.15) is 0 Å². The van der Waals surface area contributed by atoms with Gasteiger partial charge in [-0.15, -0.1) is 0 Å². The summed E-state index contributed by atoms with van der Waals surface area (Å²) in [7, 11) is 0. The van der Waals surface area contributed by atoms with Crippen LogP contribution in [0.15, 0.2) is 0 Å². The summed E-state index contributed by atoms with van der Waals surface area (Å²) in [6.07, 6.45) is 3.11. The third-order valence-corrected chi connectivity index (χ3v) is 5.69. The average molecular weight is 456 g/mol. The lowest BCUT2D eigenvalue weighted by Crippen LogP contribution is -2.58. The summed E-state index contributed by atoms with van der Waals surface area (Å²) in [4.78, 5) is 51.5. The van der Waals surface area contributed by atoms with E-state index in [0.29, 0.717) is 51.6 Å². The number of carboxylic acid groups (broad SMARTS) is 1. The van der Waals surface area contributed by atoms with Crippen molar-refractivity contribution >= 4 is 23.7 Å². The molecule has 1 fully saturated rings. The molecule has 0 aromatic heterocycles. The van der Waals surface area contributed by atoms with Crippen molar-refractivity contribution in [3.05, 3.63) is 0 Å². The molecule has 4 atom stereocenters. The Bertz CT molecular complexity index is 655. The largest absolute Gasteiger partial charge is 0.480 e. The maximum absolute atomic E-state index is 13.1. The van der Waals surface area contributed by atoms with Crippen molar-refractivity contribution in [1.29, 1.82) is 0 Å². The lowest BCUT2D eigenvalue weighted by Gasteiger charge is -2.30. The first kappa shape index (κ1) is 27.8. The van der Waals surface area contributed by atoms with Gasteiger partial charge >= 0.3 is 5.97 Å². The minimum atomic E-state index is -1.05. The van der Waals surface area contributed by atoms with E-state index in [1.807, 2.05) is 13.8 Å². The van der Waals surface area contributed by atoms with Crippen molar-refractivity contribution in [2.24, 2.45) is 23.3 Å². The number of hydrogen-bond acceptors (Lipinski definition) is 6. The number of aliphatic carboxylic acids is 1. The number of carbonyl (C=O) groups excluding carboxylic acids is 3. The van der Waals surface area contributed by atoms with E-state index >= 15 is 0 Å². The fourth-order valence-corrected chi connectivity index (χ4v) is 3.91. The Morgan fingerprint density at radius 3 is 2.25 bits per heavy atom. The molecule has 1 rings (SSSR count). The van der Waals surface area contributed by atoms with Crippen LogP contribution in [0.2, 0.25) is 0 Å².